The van der Waals surface area contributed by atoms with Gasteiger partial charge in [-0.2, -0.15) is 0 Å². The minimum absolute atomic E-state index is 0.280. The Morgan fingerprint density at radius 1 is 1.39 bits per heavy atom. The van der Waals surface area contributed by atoms with Crippen LogP contribution in [0.1, 0.15) is 10.4 Å². The van der Waals surface area contributed by atoms with E-state index in [0.717, 1.165) is 8.04 Å². The van der Waals surface area contributed by atoms with E-state index in [1.807, 2.05) is 12.1 Å². The number of carbonyl (C=O) groups is 1. The Balaban J connectivity index is 2.28. The van der Waals surface area contributed by atoms with Crippen molar-refractivity contribution >= 4 is 61.8 Å². The molecule has 0 saturated heterocycles. The van der Waals surface area contributed by atoms with Crippen LogP contribution in [0.3, 0.4) is 0 Å². The number of pyridine rings is 1. The lowest BCUT2D eigenvalue weighted by Gasteiger charge is -2.07. The largest absolute Gasteiger partial charge is 0.306 e. The summed E-state index contributed by atoms with van der Waals surface area (Å²) in [5.74, 6) is 0.247. The van der Waals surface area contributed by atoms with Crippen LogP contribution in [-0.4, -0.2) is 10.9 Å². The highest BCUT2D eigenvalue weighted by Gasteiger charge is 2.12. The summed E-state index contributed by atoms with van der Waals surface area (Å²) >= 11 is 11.4. The molecule has 2 rings (SSSR count). The van der Waals surface area contributed by atoms with Crippen molar-refractivity contribution in [3.8, 4) is 0 Å². The maximum atomic E-state index is 12.1. The first-order chi connectivity index (χ1) is 8.58. The Morgan fingerprint density at radius 3 is 2.89 bits per heavy atom. The van der Waals surface area contributed by atoms with Crippen LogP contribution in [0.25, 0.3) is 0 Å². The van der Waals surface area contributed by atoms with Crippen molar-refractivity contribution in [1.29, 1.82) is 0 Å². The predicted molar refractivity (Wildman–Crippen MR) is 84.1 cm³/mol. The number of hydrogen-bond donors (Lipinski definition) is 1. The maximum absolute atomic E-state index is 12.1. The van der Waals surface area contributed by atoms with Gasteiger partial charge >= 0.3 is 0 Å². The molecular formula is C12H7BrClIN2O. The van der Waals surface area contributed by atoms with Gasteiger partial charge in [-0.15, -0.1) is 0 Å². The van der Waals surface area contributed by atoms with Crippen LogP contribution in [0.2, 0.25) is 5.02 Å². The van der Waals surface area contributed by atoms with Crippen LogP contribution < -0.4 is 5.32 Å². The van der Waals surface area contributed by atoms with Gasteiger partial charge in [0.05, 0.1) is 14.2 Å². The van der Waals surface area contributed by atoms with Crippen LogP contribution in [0.15, 0.2) is 41.0 Å². The summed E-state index contributed by atoms with van der Waals surface area (Å²) in [6, 6.07) is 8.80. The van der Waals surface area contributed by atoms with Crippen LogP contribution in [0, 0.1) is 3.57 Å². The van der Waals surface area contributed by atoms with Gasteiger partial charge in [0.15, 0.2) is 0 Å². The Kier molecular flexibility index (Phi) is 4.58. The number of nitrogens with one attached hydrogen (secondary N) is 1. The molecule has 1 amide bonds. The van der Waals surface area contributed by atoms with Gasteiger partial charge in [-0.1, -0.05) is 27.5 Å². The van der Waals surface area contributed by atoms with E-state index in [0.29, 0.717) is 16.4 Å². The molecule has 0 radical (unpaired) electrons. The molecule has 0 aliphatic carbocycles. The summed E-state index contributed by atoms with van der Waals surface area (Å²) in [5.41, 5.74) is 0.410. The molecular weight excluding hydrogens is 430 g/mol. The van der Waals surface area contributed by atoms with Crippen molar-refractivity contribution in [2.75, 3.05) is 5.32 Å². The quantitative estimate of drug-likeness (QED) is 0.710. The number of hydrogen-bond acceptors (Lipinski definition) is 2. The van der Waals surface area contributed by atoms with Gasteiger partial charge in [0.2, 0.25) is 0 Å². The van der Waals surface area contributed by atoms with Crippen LogP contribution in [0.4, 0.5) is 5.82 Å². The van der Waals surface area contributed by atoms with E-state index in [-0.39, 0.29) is 5.91 Å². The summed E-state index contributed by atoms with van der Waals surface area (Å²) < 4.78 is 1.67. The van der Waals surface area contributed by atoms with E-state index in [1.165, 1.54) is 0 Å². The fraction of sp³-hybridized carbons (Fsp3) is 0. The zero-order chi connectivity index (χ0) is 13.1. The lowest BCUT2D eigenvalue weighted by molar-refractivity contribution is 0.102. The second-order valence-corrected chi connectivity index (χ2v) is 5.90. The number of amides is 1. The van der Waals surface area contributed by atoms with Crippen LogP contribution >= 0.6 is 50.1 Å². The first-order valence-electron chi connectivity index (χ1n) is 4.95. The molecule has 0 bridgehead atoms. The maximum Gasteiger partial charge on any atom is 0.258 e. The highest BCUT2D eigenvalue weighted by Crippen LogP contribution is 2.22. The smallest absolute Gasteiger partial charge is 0.258 e. The lowest BCUT2D eigenvalue weighted by atomic mass is 10.2. The summed E-state index contributed by atoms with van der Waals surface area (Å²) in [5, 5.41) is 3.14. The summed E-state index contributed by atoms with van der Waals surface area (Å²) in [6.45, 7) is 0. The fourth-order valence-corrected chi connectivity index (χ4v) is 2.37. The van der Waals surface area contributed by atoms with E-state index in [1.54, 1.807) is 24.4 Å². The summed E-state index contributed by atoms with van der Waals surface area (Å²) in [6.07, 6.45) is 1.63. The van der Waals surface area contributed by atoms with E-state index >= 15 is 0 Å². The van der Waals surface area contributed by atoms with Crippen molar-refractivity contribution in [1.82, 2.24) is 4.98 Å². The zero-order valence-corrected chi connectivity index (χ0v) is 13.5. The molecule has 0 spiro atoms. The Labute approximate surface area is 131 Å². The number of rotatable bonds is 2. The molecule has 6 heteroatoms. The van der Waals surface area contributed by atoms with E-state index < -0.39 is 0 Å². The van der Waals surface area contributed by atoms with Gasteiger partial charge < -0.3 is 5.32 Å². The molecule has 18 heavy (non-hydrogen) atoms. The van der Waals surface area contributed by atoms with Crippen LogP contribution in [0.5, 0.6) is 0 Å². The van der Waals surface area contributed by atoms with Gasteiger partial charge in [-0.05, 0) is 52.9 Å². The third-order valence-corrected chi connectivity index (χ3v) is 3.86. The Bertz CT molecular complexity index is 606. The number of halogens is 3. The number of anilines is 1. The van der Waals surface area contributed by atoms with E-state index in [4.69, 9.17) is 11.6 Å². The molecule has 0 fully saturated rings. The summed E-state index contributed by atoms with van der Waals surface area (Å²) in [7, 11) is 0. The molecule has 0 aliphatic rings. The Hall–Kier alpha value is -0.660. The number of nitrogens with zero attached hydrogens (tertiary/aromatic N) is 1. The third-order valence-electron chi connectivity index (χ3n) is 2.16. The molecule has 1 N–H and O–H groups in total. The monoisotopic (exact) mass is 436 g/mol. The van der Waals surface area contributed by atoms with Crippen molar-refractivity contribution in [3.63, 3.8) is 0 Å². The SMILES string of the molecule is O=C(Nc1ncccc1I)c1cc(Br)ccc1Cl. The molecule has 1 heterocycles. The number of benzene rings is 1. The second kappa shape index (κ2) is 5.99. The van der Waals surface area contributed by atoms with Crippen molar-refractivity contribution in [3.05, 3.63) is 55.2 Å². The van der Waals surface area contributed by atoms with Gasteiger partial charge in [-0.25, -0.2) is 4.98 Å². The molecule has 1 aromatic heterocycles. The highest BCUT2D eigenvalue weighted by atomic mass is 127. The van der Waals surface area contributed by atoms with Gasteiger partial charge in [0.25, 0.3) is 5.91 Å². The molecule has 0 unspecified atom stereocenters. The Morgan fingerprint density at radius 2 is 2.17 bits per heavy atom. The van der Waals surface area contributed by atoms with Gasteiger partial charge in [-0.3, -0.25) is 4.79 Å². The summed E-state index contributed by atoms with van der Waals surface area (Å²) in [4.78, 5) is 16.2. The highest BCUT2D eigenvalue weighted by molar-refractivity contribution is 14.1. The second-order valence-electron chi connectivity index (χ2n) is 3.41. The zero-order valence-electron chi connectivity index (χ0n) is 8.95. The third kappa shape index (κ3) is 3.21. The van der Waals surface area contributed by atoms with Gasteiger partial charge in [0, 0.05) is 10.7 Å². The first kappa shape index (κ1) is 13.8. The minimum atomic E-state index is -0.280. The average Bonchev–Trinajstić information content (AvgIpc) is 2.35. The normalized spacial score (nSPS) is 10.2. The molecule has 0 saturated carbocycles. The topological polar surface area (TPSA) is 42.0 Å². The molecule has 92 valence electrons. The van der Waals surface area contributed by atoms with E-state index in [2.05, 4.69) is 48.8 Å². The molecule has 2 aromatic rings. The van der Waals surface area contributed by atoms with E-state index in [9.17, 15) is 4.79 Å². The lowest BCUT2D eigenvalue weighted by Crippen LogP contribution is -2.14. The molecule has 1 aromatic carbocycles. The molecule has 3 nitrogen and oxygen atoms in total. The number of carbonyl (C=O) groups excluding carboxylic acids is 1. The average molecular weight is 437 g/mol. The molecule has 0 aliphatic heterocycles. The van der Waals surface area contributed by atoms with Crippen LogP contribution in [-0.2, 0) is 0 Å². The first-order valence-corrected chi connectivity index (χ1v) is 7.20. The fourth-order valence-electron chi connectivity index (χ4n) is 1.32. The standard InChI is InChI=1S/C12H7BrClIN2O/c13-7-3-4-9(14)8(6-7)12(18)17-11-10(15)2-1-5-16-11/h1-6H,(H,16,17,18). The van der Waals surface area contributed by atoms with Gasteiger partial charge in [0.1, 0.15) is 5.82 Å². The van der Waals surface area contributed by atoms with Crippen molar-refractivity contribution in [2.45, 2.75) is 0 Å². The minimum Gasteiger partial charge on any atom is -0.306 e. The molecule has 0 atom stereocenters. The van der Waals surface area contributed by atoms with Crippen molar-refractivity contribution in [2.24, 2.45) is 0 Å². The predicted octanol–water partition coefficient (Wildman–Crippen LogP) is 4.35. The van der Waals surface area contributed by atoms with Crippen molar-refractivity contribution < 1.29 is 4.79 Å². The number of aromatic nitrogens is 1.